The fourth-order valence-electron chi connectivity index (χ4n) is 2.55. The number of benzene rings is 1. The van der Waals surface area contributed by atoms with E-state index in [0.717, 1.165) is 43.5 Å². The number of halogens is 1. The van der Waals surface area contributed by atoms with Crippen molar-refractivity contribution in [3.8, 4) is 10.7 Å². The van der Waals surface area contributed by atoms with Crippen LogP contribution in [0.25, 0.3) is 15.7 Å². The van der Waals surface area contributed by atoms with Crippen molar-refractivity contribution in [2.24, 2.45) is 5.92 Å². The Morgan fingerprint density at radius 3 is 2.81 bits per heavy atom. The van der Waals surface area contributed by atoms with E-state index in [2.05, 4.69) is 45.4 Å². The number of nitrogens with one attached hydrogen (secondary N) is 1. The first-order chi connectivity index (χ1) is 12.6. The van der Waals surface area contributed by atoms with Crippen molar-refractivity contribution in [3.63, 3.8) is 0 Å². The van der Waals surface area contributed by atoms with Crippen molar-refractivity contribution in [1.29, 1.82) is 0 Å². The highest BCUT2D eigenvalue weighted by Crippen LogP contribution is 2.27. The van der Waals surface area contributed by atoms with Crippen LogP contribution in [0.15, 0.2) is 35.2 Å². The molecule has 0 aliphatic rings. The predicted octanol–water partition coefficient (Wildman–Crippen LogP) is 4.72. The summed E-state index contributed by atoms with van der Waals surface area (Å²) in [6.07, 6.45) is 0.972. The van der Waals surface area contributed by atoms with E-state index in [1.54, 1.807) is 16.3 Å². The van der Waals surface area contributed by atoms with Gasteiger partial charge in [0.25, 0.3) is 0 Å². The molecular weight excluding hydrogens is 388 g/mol. The average molecular weight is 405 g/mol. The van der Waals surface area contributed by atoms with Crippen LogP contribution in [0.4, 0.5) is 0 Å². The maximum atomic E-state index is 5.93. The van der Waals surface area contributed by atoms with Crippen LogP contribution in [0.5, 0.6) is 0 Å². The Kier molecular flexibility index (Phi) is 4.97. The number of H-pyrrole nitrogens is 1. The lowest BCUT2D eigenvalue weighted by Gasteiger charge is -1.99. The molecular formula is C17H17ClN6S2. The van der Waals surface area contributed by atoms with E-state index in [0.29, 0.717) is 11.7 Å². The van der Waals surface area contributed by atoms with Crippen molar-refractivity contribution >= 4 is 39.7 Å². The minimum absolute atomic E-state index is 0.581. The maximum absolute atomic E-state index is 5.93. The van der Waals surface area contributed by atoms with Crippen molar-refractivity contribution in [2.75, 3.05) is 0 Å². The highest BCUT2D eigenvalue weighted by atomic mass is 35.5. The topological polar surface area (TPSA) is 71.8 Å². The second-order valence-corrected chi connectivity index (χ2v) is 8.78. The molecule has 0 bridgehead atoms. The van der Waals surface area contributed by atoms with Gasteiger partial charge in [0.05, 0.1) is 5.75 Å². The summed E-state index contributed by atoms with van der Waals surface area (Å²) in [7, 11) is 0. The summed E-state index contributed by atoms with van der Waals surface area (Å²) in [4.78, 5) is 1.91. The third-order valence-electron chi connectivity index (χ3n) is 3.72. The van der Waals surface area contributed by atoms with Gasteiger partial charge in [-0.05, 0) is 42.7 Å². The van der Waals surface area contributed by atoms with Crippen LogP contribution >= 0.6 is 34.7 Å². The zero-order valence-electron chi connectivity index (χ0n) is 14.3. The van der Waals surface area contributed by atoms with Crippen LogP contribution in [0.3, 0.4) is 0 Å². The molecule has 0 atom stereocenters. The van der Waals surface area contributed by atoms with Crippen LogP contribution in [0.2, 0.25) is 5.02 Å². The molecule has 0 radical (unpaired) electrons. The van der Waals surface area contributed by atoms with Gasteiger partial charge in [0.1, 0.15) is 5.69 Å². The van der Waals surface area contributed by atoms with E-state index in [9.17, 15) is 0 Å². The number of aromatic amines is 1. The highest BCUT2D eigenvalue weighted by Gasteiger charge is 2.15. The first-order valence-corrected chi connectivity index (χ1v) is 10.4. The summed E-state index contributed by atoms with van der Waals surface area (Å²) in [5.74, 6) is 2.09. The van der Waals surface area contributed by atoms with E-state index in [1.807, 2.05) is 24.3 Å². The van der Waals surface area contributed by atoms with Gasteiger partial charge in [0.15, 0.2) is 10.8 Å². The molecule has 26 heavy (non-hydrogen) atoms. The molecule has 0 saturated carbocycles. The third-order valence-corrected chi connectivity index (χ3v) is 5.90. The summed E-state index contributed by atoms with van der Waals surface area (Å²) < 4.78 is 1.81. The summed E-state index contributed by atoms with van der Waals surface area (Å²) in [5.41, 5.74) is 1.98. The van der Waals surface area contributed by atoms with Crippen LogP contribution in [0.1, 0.15) is 25.4 Å². The van der Waals surface area contributed by atoms with Gasteiger partial charge < -0.3 is 0 Å². The number of aromatic nitrogens is 6. The SMILES string of the molecule is CC(C)Cc1cc(-c2nn3c(CSc4ccc(Cl)cc4)nnc3s2)n[nH]1. The smallest absolute Gasteiger partial charge is 0.235 e. The molecule has 0 unspecified atom stereocenters. The van der Waals surface area contributed by atoms with E-state index >= 15 is 0 Å². The number of thioether (sulfide) groups is 1. The number of rotatable bonds is 6. The maximum Gasteiger partial charge on any atom is 0.235 e. The quantitative estimate of drug-likeness (QED) is 0.471. The van der Waals surface area contributed by atoms with Gasteiger partial charge in [-0.2, -0.15) is 14.7 Å². The van der Waals surface area contributed by atoms with Gasteiger partial charge in [-0.25, -0.2) is 0 Å². The molecule has 4 aromatic rings. The zero-order chi connectivity index (χ0) is 18.1. The number of hydrogen-bond donors (Lipinski definition) is 1. The second kappa shape index (κ2) is 7.38. The molecule has 0 spiro atoms. The lowest BCUT2D eigenvalue weighted by molar-refractivity contribution is 0.633. The van der Waals surface area contributed by atoms with Crippen molar-refractivity contribution < 1.29 is 0 Å². The van der Waals surface area contributed by atoms with Crippen molar-refractivity contribution in [1.82, 2.24) is 30.0 Å². The molecule has 3 aromatic heterocycles. The predicted molar refractivity (Wildman–Crippen MR) is 106 cm³/mol. The molecule has 0 amide bonds. The molecule has 1 aromatic carbocycles. The molecule has 6 nitrogen and oxygen atoms in total. The van der Waals surface area contributed by atoms with E-state index in [-0.39, 0.29) is 0 Å². The monoisotopic (exact) mass is 404 g/mol. The molecule has 1 N–H and O–H groups in total. The summed E-state index contributed by atoms with van der Waals surface area (Å²) in [6.45, 7) is 4.38. The third kappa shape index (κ3) is 3.77. The van der Waals surface area contributed by atoms with Crippen LogP contribution in [-0.2, 0) is 12.2 Å². The fourth-order valence-corrected chi connectivity index (χ4v) is 4.29. The Balaban J connectivity index is 1.53. The minimum Gasteiger partial charge on any atom is -0.282 e. The van der Waals surface area contributed by atoms with Gasteiger partial charge >= 0.3 is 0 Å². The summed E-state index contributed by atoms with van der Waals surface area (Å²) in [5, 5.41) is 22.2. The van der Waals surface area contributed by atoms with Gasteiger partial charge in [-0.3, -0.25) is 5.10 Å². The van der Waals surface area contributed by atoms with Crippen molar-refractivity contribution in [3.05, 3.63) is 46.9 Å². The standard InChI is InChI=1S/C17H17ClN6S2/c1-10(2)7-12-8-14(20-19-12)16-23-24-15(21-22-17(24)26-16)9-25-13-5-3-11(18)4-6-13/h3-6,8,10H,7,9H2,1-2H3,(H,19,20). The molecule has 0 saturated heterocycles. The fraction of sp³-hybridized carbons (Fsp3) is 0.294. The van der Waals surface area contributed by atoms with E-state index < -0.39 is 0 Å². The highest BCUT2D eigenvalue weighted by molar-refractivity contribution is 7.98. The van der Waals surface area contributed by atoms with Gasteiger partial charge in [0, 0.05) is 15.6 Å². The van der Waals surface area contributed by atoms with Crippen LogP contribution in [-0.4, -0.2) is 30.0 Å². The van der Waals surface area contributed by atoms with Crippen LogP contribution in [0, 0.1) is 5.92 Å². The Morgan fingerprint density at radius 1 is 1.23 bits per heavy atom. The number of fused-ring (bicyclic) bond motifs is 1. The normalized spacial score (nSPS) is 11.7. The van der Waals surface area contributed by atoms with E-state index in [1.165, 1.54) is 11.3 Å². The lowest BCUT2D eigenvalue weighted by atomic mass is 10.1. The molecule has 4 rings (SSSR count). The van der Waals surface area contributed by atoms with E-state index in [4.69, 9.17) is 11.6 Å². The molecule has 3 heterocycles. The molecule has 0 aliphatic carbocycles. The Bertz CT molecular complexity index is 1020. The number of hydrogen-bond acceptors (Lipinski definition) is 6. The Hall–Kier alpha value is -1.90. The van der Waals surface area contributed by atoms with Crippen molar-refractivity contribution in [2.45, 2.75) is 30.9 Å². The first kappa shape index (κ1) is 17.5. The average Bonchev–Trinajstić information content (AvgIpc) is 3.29. The first-order valence-electron chi connectivity index (χ1n) is 8.22. The Morgan fingerprint density at radius 2 is 2.04 bits per heavy atom. The molecule has 9 heteroatoms. The van der Waals surface area contributed by atoms with Gasteiger partial charge in [0.2, 0.25) is 4.96 Å². The zero-order valence-corrected chi connectivity index (χ0v) is 16.7. The van der Waals surface area contributed by atoms with Gasteiger partial charge in [-0.15, -0.1) is 22.0 Å². The molecule has 134 valence electrons. The van der Waals surface area contributed by atoms with Crippen LogP contribution < -0.4 is 0 Å². The lowest BCUT2D eigenvalue weighted by Crippen LogP contribution is -1.94. The van der Waals surface area contributed by atoms with Gasteiger partial charge in [-0.1, -0.05) is 36.8 Å². The second-order valence-electron chi connectivity index (χ2n) is 6.34. The minimum atomic E-state index is 0.581. The molecule has 0 fully saturated rings. The number of nitrogens with zero attached hydrogens (tertiary/aromatic N) is 5. The Labute approximate surface area is 164 Å². The molecule has 0 aliphatic heterocycles. The summed E-state index contributed by atoms with van der Waals surface area (Å²) in [6, 6.07) is 9.83. The largest absolute Gasteiger partial charge is 0.282 e. The summed E-state index contributed by atoms with van der Waals surface area (Å²) >= 11 is 9.10.